The van der Waals surface area contributed by atoms with Crippen LogP contribution in [-0.4, -0.2) is 30.0 Å². The van der Waals surface area contributed by atoms with Gasteiger partial charge in [-0.3, -0.25) is 0 Å². The summed E-state index contributed by atoms with van der Waals surface area (Å²) < 4.78 is 88.3. The van der Waals surface area contributed by atoms with E-state index in [1.54, 1.807) is 0 Å². The predicted octanol–water partition coefficient (Wildman–Crippen LogP) is 6.31. The summed E-state index contributed by atoms with van der Waals surface area (Å²) in [7, 11) is -1.90. The van der Waals surface area contributed by atoms with Gasteiger partial charge in [-0.2, -0.15) is 22.0 Å². The third kappa shape index (κ3) is 5.03. The Morgan fingerprint density at radius 2 is 1.54 bits per heavy atom. The van der Waals surface area contributed by atoms with Gasteiger partial charge in [0.05, 0.1) is 20.5 Å². The Hall–Kier alpha value is -1.23. The van der Waals surface area contributed by atoms with E-state index in [9.17, 15) is 26.3 Å². The number of hydrogen-bond donors (Lipinski definition) is 0. The fraction of sp³-hybridized carbons (Fsp3) is 0.600. The highest BCUT2D eigenvalue weighted by Crippen LogP contribution is 2.57. The largest absolute Gasteiger partial charge is 0.494 e. The second-order valence-corrected chi connectivity index (χ2v) is 8.85. The summed E-state index contributed by atoms with van der Waals surface area (Å²) in [6.45, 7) is 2.66. The highest BCUT2D eigenvalue weighted by atomic mass is 31.1. The van der Waals surface area contributed by atoms with Crippen LogP contribution in [0.5, 0.6) is 5.75 Å². The summed E-state index contributed by atoms with van der Waals surface area (Å²) in [5, 5.41) is -3.41. The van der Waals surface area contributed by atoms with E-state index in [-0.39, 0.29) is 17.5 Å². The first-order valence-electron chi connectivity index (χ1n) is 9.51. The first-order valence-corrected chi connectivity index (χ1v) is 10.7. The van der Waals surface area contributed by atoms with Crippen LogP contribution in [-0.2, 0) is 0 Å². The Bertz CT molecular complexity index is 649. The van der Waals surface area contributed by atoms with Crippen LogP contribution < -0.4 is 10.0 Å². The van der Waals surface area contributed by atoms with Crippen LogP contribution in [0.25, 0.3) is 0 Å². The van der Waals surface area contributed by atoms with Crippen molar-refractivity contribution in [1.82, 2.24) is 0 Å². The molecule has 1 aromatic rings. The normalized spacial score (nSPS) is 26.0. The third-order valence-electron chi connectivity index (χ3n) is 4.78. The molecule has 1 aliphatic carbocycles. The summed E-state index contributed by atoms with van der Waals surface area (Å²) in [5.41, 5.74) is 0. The number of rotatable bonds is 10. The maximum Gasteiger partial charge on any atom is 0.383 e. The van der Waals surface area contributed by atoms with Crippen LogP contribution in [0, 0.1) is 0 Å². The average molecular weight is 427 g/mol. The molecule has 3 unspecified atom stereocenters. The molecule has 0 N–H and O–H groups in total. The zero-order valence-corrected chi connectivity index (χ0v) is 16.9. The van der Waals surface area contributed by atoms with Crippen molar-refractivity contribution in [2.75, 3.05) is 6.61 Å². The molecule has 0 bridgehead atoms. The molecule has 158 valence electrons. The quantitative estimate of drug-likeness (QED) is 0.184. The molecule has 0 amide bonds. The maximum absolute atomic E-state index is 14.7. The minimum absolute atomic E-state index is 0.173. The molecule has 1 aliphatic rings. The molecule has 0 aliphatic heterocycles. The number of unbranched alkanes of at least 4 members (excludes halogenated alkanes) is 5. The fourth-order valence-corrected chi connectivity index (χ4v) is 4.44. The van der Waals surface area contributed by atoms with Crippen LogP contribution in [0.3, 0.4) is 0 Å². The van der Waals surface area contributed by atoms with Crippen molar-refractivity contribution in [1.29, 1.82) is 0 Å². The highest BCUT2D eigenvalue weighted by Gasteiger charge is 2.77. The molecule has 0 saturated heterocycles. The van der Waals surface area contributed by atoms with Crippen LogP contribution in [0.1, 0.15) is 45.4 Å². The van der Waals surface area contributed by atoms with Crippen molar-refractivity contribution in [2.45, 2.75) is 68.9 Å². The van der Waals surface area contributed by atoms with E-state index in [4.69, 9.17) is 4.74 Å². The smallest absolute Gasteiger partial charge is 0.383 e. The van der Waals surface area contributed by atoms with Crippen LogP contribution in [0.4, 0.5) is 26.3 Å². The minimum Gasteiger partial charge on any atom is -0.494 e. The molecule has 1 nitrogen and oxygen atoms in total. The van der Waals surface area contributed by atoms with Gasteiger partial charge in [0.25, 0.3) is 0 Å². The van der Waals surface area contributed by atoms with Crippen molar-refractivity contribution in [3.05, 3.63) is 36.4 Å². The highest BCUT2D eigenvalue weighted by molar-refractivity contribution is 7.49. The maximum atomic E-state index is 14.7. The number of halogens is 6. The lowest BCUT2D eigenvalue weighted by atomic mass is 9.95. The zero-order chi connectivity index (χ0) is 20.8. The van der Waals surface area contributed by atoms with Gasteiger partial charge in [0, 0.05) is 0 Å². The molecular weight excluding hydrogens is 401 g/mol. The summed E-state index contributed by atoms with van der Waals surface area (Å²) in [4.78, 5) is 0. The Morgan fingerprint density at radius 1 is 0.929 bits per heavy atom. The lowest BCUT2D eigenvalue weighted by Crippen LogP contribution is -2.60. The summed E-state index contributed by atoms with van der Waals surface area (Å²) >= 11 is 0. The Kier molecular flexibility index (Phi) is 7.83. The number of benzene rings is 1. The summed E-state index contributed by atoms with van der Waals surface area (Å²) in [5.74, 6) is -9.69. The lowest BCUT2D eigenvalue weighted by molar-refractivity contribution is -0.262. The molecule has 0 spiro atoms. The third-order valence-corrected chi connectivity index (χ3v) is 6.47. The van der Waals surface area contributed by atoms with Gasteiger partial charge >= 0.3 is 17.3 Å². The van der Waals surface area contributed by atoms with Gasteiger partial charge < -0.3 is 4.74 Å². The second kappa shape index (κ2) is 9.51. The Morgan fingerprint density at radius 3 is 2.18 bits per heavy atom. The number of ether oxygens (including phenoxy) is 1. The second-order valence-electron chi connectivity index (χ2n) is 7.06. The van der Waals surface area contributed by atoms with Crippen LogP contribution in [0.2, 0.25) is 0 Å². The topological polar surface area (TPSA) is 9.23 Å². The molecule has 0 saturated carbocycles. The van der Waals surface area contributed by atoms with Gasteiger partial charge in [-0.05, 0) is 42.8 Å². The van der Waals surface area contributed by atoms with Crippen molar-refractivity contribution < 1.29 is 31.1 Å². The van der Waals surface area contributed by atoms with E-state index < -0.39 is 32.0 Å². The molecular formula is C20H26F6OP+. The van der Waals surface area contributed by atoms with E-state index in [0.717, 1.165) is 19.3 Å². The number of allylic oxidation sites excluding steroid dienone is 2. The van der Waals surface area contributed by atoms with Gasteiger partial charge in [0.15, 0.2) is 6.17 Å². The molecule has 1 aromatic carbocycles. The molecule has 0 heterocycles. The first kappa shape index (κ1) is 23.1. The van der Waals surface area contributed by atoms with Gasteiger partial charge in [-0.15, -0.1) is 0 Å². The minimum atomic E-state index is -5.11. The van der Waals surface area contributed by atoms with Crippen molar-refractivity contribution in [3.8, 4) is 5.75 Å². The molecule has 2 rings (SSSR count). The first-order chi connectivity index (χ1) is 13.1. The van der Waals surface area contributed by atoms with Crippen LogP contribution >= 0.6 is 8.58 Å². The van der Waals surface area contributed by atoms with Crippen molar-refractivity contribution in [3.63, 3.8) is 0 Å². The van der Waals surface area contributed by atoms with E-state index >= 15 is 0 Å². The molecule has 0 fully saturated rings. The average Bonchev–Trinajstić information content (AvgIpc) is 2.65. The SMILES string of the molecule is CCCCCCCCOc1ccc([PH2+]C2(F)C=CC(F)C(F)(F)C2(F)F)cc1. The van der Waals surface area contributed by atoms with Crippen molar-refractivity contribution in [2.24, 2.45) is 0 Å². The van der Waals surface area contributed by atoms with Gasteiger partial charge in [0.2, 0.25) is 0 Å². The van der Waals surface area contributed by atoms with Gasteiger partial charge in [-0.1, -0.05) is 39.0 Å². The van der Waals surface area contributed by atoms with E-state index in [1.165, 1.54) is 43.5 Å². The van der Waals surface area contributed by atoms with E-state index in [0.29, 0.717) is 12.4 Å². The fourth-order valence-electron chi connectivity index (χ4n) is 2.99. The molecule has 0 radical (unpaired) electrons. The molecule has 0 aromatic heterocycles. The van der Waals surface area contributed by atoms with Gasteiger partial charge in [0.1, 0.15) is 5.75 Å². The Balaban J connectivity index is 1.91. The summed E-state index contributed by atoms with van der Waals surface area (Å²) in [6.07, 6.45) is 3.90. The summed E-state index contributed by atoms with van der Waals surface area (Å²) in [6, 6.07) is 5.78. The van der Waals surface area contributed by atoms with Gasteiger partial charge in [-0.25, -0.2) is 4.39 Å². The molecule has 28 heavy (non-hydrogen) atoms. The van der Waals surface area contributed by atoms with Crippen LogP contribution in [0.15, 0.2) is 36.4 Å². The van der Waals surface area contributed by atoms with E-state index in [1.807, 2.05) is 0 Å². The lowest BCUT2D eigenvalue weighted by Gasteiger charge is -2.36. The standard InChI is InChI=1S/C20H25F6OP/c1-2-3-4-5-6-7-14-27-15-8-10-16(11-9-15)28-18(22)13-12-17(21)19(23,24)20(18,25)26/h8-13,17,28H,2-7,14H2,1H3/p+1. The zero-order valence-electron chi connectivity index (χ0n) is 15.7. The number of hydrogen-bond acceptors (Lipinski definition) is 1. The monoisotopic (exact) mass is 427 g/mol. The molecule has 3 atom stereocenters. The Labute approximate surface area is 163 Å². The molecule has 8 heteroatoms. The predicted molar refractivity (Wildman–Crippen MR) is 102 cm³/mol. The van der Waals surface area contributed by atoms with E-state index in [2.05, 4.69) is 6.92 Å². The number of alkyl halides is 6. The van der Waals surface area contributed by atoms with Crippen molar-refractivity contribution >= 4 is 13.9 Å².